The first kappa shape index (κ1) is 10.9. The Morgan fingerprint density at radius 1 is 0.706 bits per heavy atom. The van der Waals surface area contributed by atoms with Gasteiger partial charge in [-0.15, -0.1) is 0 Å². The van der Waals surface area contributed by atoms with Gasteiger partial charge in [-0.3, -0.25) is 0 Å². The smallest absolute Gasteiger partial charge is 0.232 e. The summed E-state index contributed by atoms with van der Waals surface area (Å²) >= 11 is 3.96. The van der Waals surface area contributed by atoms with Crippen LogP contribution >= 0.6 is 21.5 Å². The summed E-state index contributed by atoms with van der Waals surface area (Å²) in [6, 6.07) is 12.4. The van der Waals surface area contributed by atoms with Crippen molar-refractivity contribution in [1.29, 1.82) is 0 Å². The molecule has 17 heavy (non-hydrogen) atoms. The van der Waals surface area contributed by atoms with Crippen LogP contribution in [-0.2, 0) is 0 Å². The molecule has 0 aliphatic rings. The fourth-order valence-corrected chi connectivity index (χ4v) is 6.32. The molecule has 0 saturated carbocycles. The number of hydrogen-bond donors (Lipinski definition) is 3. The molecule has 5 heteroatoms. The van der Waals surface area contributed by atoms with E-state index < -0.39 is 5.96 Å². The SMILES string of the molecule is Br[P+](c1ccc[nH]1)(c1ccc[nH]1)c1ccc[nH]1. The van der Waals surface area contributed by atoms with E-state index in [1.54, 1.807) is 0 Å². The summed E-state index contributed by atoms with van der Waals surface area (Å²) in [4.78, 5) is 9.95. The maximum Gasteiger partial charge on any atom is 0.232 e. The molecule has 0 radical (unpaired) electrons. The molecular weight excluding hydrogens is 297 g/mol. The molecule has 0 atom stereocenters. The maximum absolute atomic E-state index is 3.96. The molecular formula is C12H12BrN3P+. The third kappa shape index (κ3) is 1.68. The first-order valence-corrected chi connectivity index (χ1v) is 9.13. The zero-order valence-electron chi connectivity index (χ0n) is 9.02. The summed E-state index contributed by atoms with van der Waals surface area (Å²) in [5, 5.41) is 0. The van der Waals surface area contributed by atoms with Crippen molar-refractivity contribution in [2.75, 3.05) is 0 Å². The van der Waals surface area contributed by atoms with Crippen LogP contribution in [0.15, 0.2) is 55.0 Å². The van der Waals surface area contributed by atoms with Crippen molar-refractivity contribution in [3.05, 3.63) is 55.0 Å². The molecule has 3 aromatic rings. The van der Waals surface area contributed by atoms with Gasteiger partial charge in [0.2, 0.25) is 5.96 Å². The number of rotatable bonds is 3. The number of nitrogens with one attached hydrogen (secondary N) is 3. The number of hydrogen-bond acceptors (Lipinski definition) is 0. The highest BCUT2D eigenvalue weighted by Gasteiger charge is 2.47. The van der Waals surface area contributed by atoms with E-state index in [9.17, 15) is 0 Å². The number of aromatic nitrogens is 3. The van der Waals surface area contributed by atoms with Crippen molar-refractivity contribution in [1.82, 2.24) is 15.0 Å². The highest BCUT2D eigenvalue weighted by molar-refractivity contribution is 9.44. The van der Waals surface area contributed by atoms with Crippen LogP contribution in [0.3, 0.4) is 0 Å². The predicted molar refractivity (Wildman–Crippen MR) is 77.1 cm³/mol. The minimum Gasteiger partial charge on any atom is -0.332 e. The van der Waals surface area contributed by atoms with Crippen molar-refractivity contribution in [2.24, 2.45) is 0 Å². The maximum atomic E-state index is 3.96. The Kier molecular flexibility index (Phi) is 2.69. The van der Waals surface area contributed by atoms with Gasteiger partial charge in [-0.25, -0.2) is 0 Å². The van der Waals surface area contributed by atoms with Gasteiger partial charge in [-0.1, -0.05) is 0 Å². The topological polar surface area (TPSA) is 47.4 Å². The van der Waals surface area contributed by atoms with E-state index >= 15 is 0 Å². The summed E-state index contributed by atoms with van der Waals surface area (Å²) in [7, 11) is 0. The summed E-state index contributed by atoms with van der Waals surface area (Å²) in [6.07, 6.45) is 5.87. The zero-order valence-corrected chi connectivity index (χ0v) is 11.5. The van der Waals surface area contributed by atoms with Gasteiger partial charge < -0.3 is 15.0 Å². The lowest BCUT2D eigenvalue weighted by Crippen LogP contribution is -2.28. The minimum atomic E-state index is -1.74. The van der Waals surface area contributed by atoms with Crippen LogP contribution < -0.4 is 16.3 Å². The van der Waals surface area contributed by atoms with Gasteiger partial charge in [0.1, 0.15) is 0 Å². The Morgan fingerprint density at radius 2 is 1.06 bits per heavy atom. The molecule has 0 aliphatic heterocycles. The summed E-state index contributed by atoms with van der Waals surface area (Å²) < 4.78 is 0. The van der Waals surface area contributed by atoms with Gasteiger partial charge >= 0.3 is 0 Å². The highest BCUT2D eigenvalue weighted by atomic mass is 79.9. The van der Waals surface area contributed by atoms with E-state index in [4.69, 9.17) is 0 Å². The summed E-state index contributed by atoms with van der Waals surface area (Å²) in [5.41, 5.74) is 3.59. The molecule has 86 valence electrons. The van der Waals surface area contributed by atoms with Crippen molar-refractivity contribution in [3.63, 3.8) is 0 Å². The van der Waals surface area contributed by atoms with E-state index in [0.29, 0.717) is 0 Å². The molecule has 0 bridgehead atoms. The fourth-order valence-electron chi connectivity index (χ4n) is 1.93. The molecule has 3 nitrogen and oxygen atoms in total. The molecule has 3 heterocycles. The quantitative estimate of drug-likeness (QED) is 0.622. The third-order valence-corrected chi connectivity index (χ3v) is 9.01. The first-order chi connectivity index (χ1) is 8.32. The molecule has 0 aromatic carbocycles. The first-order valence-electron chi connectivity index (χ1n) is 5.32. The molecule has 3 rings (SSSR count). The predicted octanol–water partition coefficient (Wildman–Crippen LogP) is 2.27. The average molecular weight is 309 g/mol. The van der Waals surface area contributed by atoms with Crippen molar-refractivity contribution in [2.45, 2.75) is 0 Å². The molecule has 0 aliphatic carbocycles. The van der Waals surface area contributed by atoms with Gasteiger partial charge in [-0.05, 0) is 18.2 Å². The van der Waals surface area contributed by atoms with Crippen LogP contribution in [0.5, 0.6) is 0 Å². The van der Waals surface area contributed by atoms with E-state index in [-0.39, 0.29) is 0 Å². The highest BCUT2D eigenvalue weighted by Crippen LogP contribution is 2.61. The van der Waals surface area contributed by atoms with Crippen LogP contribution in [0, 0.1) is 0 Å². The fraction of sp³-hybridized carbons (Fsp3) is 0. The van der Waals surface area contributed by atoms with E-state index in [1.807, 2.05) is 36.8 Å². The van der Waals surface area contributed by atoms with Crippen LogP contribution in [0.2, 0.25) is 0 Å². The van der Waals surface area contributed by atoms with Gasteiger partial charge in [0.25, 0.3) is 0 Å². The Bertz CT molecular complexity index is 485. The Hall–Kier alpha value is -1.25. The van der Waals surface area contributed by atoms with Crippen molar-refractivity contribution in [3.8, 4) is 0 Å². The normalized spacial score (nSPS) is 11.8. The second-order valence-electron chi connectivity index (χ2n) is 3.76. The minimum absolute atomic E-state index is 1.20. The van der Waals surface area contributed by atoms with E-state index in [1.165, 1.54) is 16.3 Å². The third-order valence-electron chi connectivity index (χ3n) is 2.74. The second-order valence-corrected chi connectivity index (χ2v) is 9.57. The lowest BCUT2D eigenvalue weighted by atomic mass is 10.7. The van der Waals surface area contributed by atoms with Crippen LogP contribution in [0.4, 0.5) is 0 Å². The lowest BCUT2D eigenvalue weighted by Gasteiger charge is -2.14. The van der Waals surface area contributed by atoms with Gasteiger partial charge in [0.15, 0.2) is 31.8 Å². The van der Waals surface area contributed by atoms with Crippen molar-refractivity contribution >= 4 is 37.8 Å². The zero-order chi connectivity index (χ0) is 11.7. The second kappa shape index (κ2) is 4.21. The van der Waals surface area contributed by atoms with Gasteiger partial charge in [0, 0.05) is 36.8 Å². The summed E-state index contributed by atoms with van der Waals surface area (Å²) in [5.74, 6) is -1.74. The average Bonchev–Trinajstić information content (AvgIpc) is 3.10. The van der Waals surface area contributed by atoms with E-state index in [2.05, 4.69) is 48.6 Å². The molecule has 0 amide bonds. The molecule has 0 unspecified atom stereocenters. The Balaban J connectivity index is 2.21. The van der Waals surface area contributed by atoms with Crippen molar-refractivity contribution < 1.29 is 0 Å². The van der Waals surface area contributed by atoms with Crippen LogP contribution in [0.1, 0.15) is 0 Å². The van der Waals surface area contributed by atoms with Crippen LogP contribution in [0.25, 0.3) is 0 Å². The van der Waals surface area contributed by atoms with Gasteiger partial charge in [-0.2, -0.15) is 0 Å². The number of H-pyrrole nitrogens is 3. The lowest BCUT2D eigenvalue weighted by molar-refractivity contribution is 1.43. The van der Waals surface area contributed by atoms with Crippen LogP contribution in [-0.4, -0.2) is 15.0 Å². The monoisotopic (exact) mass is 308 g/mol. The molecule has 0 spiro atoms. The Labute approximate surface area is 108 Å². The Morgan fingerprint density at radius 3 is 1.29 bits per heavy atom. The van der Waals surface area contributed by atoms with E-state index in [0.717, 1.165) is 0 Å². The summed E-state index contributed by atoms with van der Waals surface area (Å²) in [6.45, 7) is 0. The molecule has 0 saturated heterocycles. The standard InChI is InChI=1S/C12H12BrN3P/c13-17(10-4-1-7-14-10,11-5-2-8-15-11)12-6-3-9-16-12/h1-9,14-16H/q+1. The molecule has 3 aromatic heterocycles. The number of aromatic amines is 3. The molecule has 0 fully saturated rings. The largest absolute Gasteiger partial charge is 0.332 e. The van der Waals surface area contributed by atoms with Gasteiger partial charge in [0.05, 0.1) is 0 Å². The molecule has 3 N–H and O–H groups in total. The number of halogens is 1.